The lowest BCUT2D eigenvalue weighted by Gasteiger charge is -2.25. The second-order valence-electron chi connectivity index (χ2n) is 4.88. The monoisotopic (exact) mass is 232 g/mol. The summed E-state index contributed by atoms with van der Waals surface area (Å²) in [5.74, 6) is -1.45. The van der Waals surface area contributed by atoms with Crippen LogP contribution in [0.4, 0.5) is 0 Å². The van der Waals surface area contributed by atoms with Gasteiger partial charge >= 0.3 is 0 Å². The average molecular weight is 232 g/mol. The maximum atomic E-state index is 9.47. The summed E-state index contributed by atoms with van der Waals surface area (Å²) in [6.07, 6.45) is -0.154. The highest BCUT2D eigenvalue weighted by atomic mass is 16.8. The lowest BCUT2D eigenvalue weighted by Crippen LogP contribution is -2.39. The summed E-state index contributed by atoms with van der Waals surface area (Å²) in [6.45, 7) is 4.00. The van der Waals surface area contributed by atoms with Crippen LogP contribution in [0.3, 0.4) is 0 Å². The van der Waals surface area contributed by atoms with Gasteiger partial charge in [-0.1, -0.05) is 6.92 Å². The van der Waals surface area contributed by atoms with Crippen molar-refractivity contribution in [1.29, 1.82) is 10.5 Å². The number of nitrogens with zero attached hydrogens (tertiary/aromatic N) is 3. The fourth-order valence-electron chi connectivity index (χ4n) is 3.28. The molecule has 1 aliphatic carbocycles. The molecule has 1 saturated heterocycles. The van der Waals surface area contributed by atoms with Crippen molar-refractivity contribution in [3.63, 3.8) is 0 Å². The summed E-state index contributed by atoms with van der Waals surface area (Å²) in [7, 11) is 0. The minimum Gasteiger partial charge on any atom is -0.386 e. The van der Waals surface area contributed by atoms with Crippen molar-refractivity contribution in [2.75, 3.05) is 6.61 Å². The summed E-state index contributed by atoms with van der Waals surface area (Å²) in [5.41, 5.74) is 3.69. The molecule has 2 heterocycles. The Kier molecular flexibility index (Phi) is 1.62. The van der Waals surface area contributed by atoms with Gasteiger partial charge in [0.05, 0.1) is 24.8 Å². The first-order valence-corrected chi connectivity index (χ1v) is 5.51. The van der Waals surface area contributed by atoms with Crippen LogP contribution in [-0.2, 0) is 9.47 Å². The Bertz CT molecular complexity index is 519. The maximum absolute atomic E-state index is 9.47. The van der Waals surface area contributed by atoms with Gasteiger partial charge in [-0.05, 0) is 6.92 Å². The normalized spacial score (nSPS) is 54.9. The number of ether oxygens (including phenoxy) is 2. The van der Waals surface area contributed by atoms with E-state index in [1.807, 2.05) is 13.8 Å². The van der Waals surface area contributed by atoms with E-state index >= 15 is 0 Å². The lowest BCUT2D eigenvalue weighted by molar-refractivity contribution is -0.194. The number of aliphatic imine (C=N–C) groups is 1. The van der Waals surface area contributed by atoms with Gasteiger partial charge in [0.25, 0.3) is 5.91 Å². The minimum absolute atomic E-state index is 0.154. The maximum Gasteiger partial charge on any atom is 0.293 e. The Morgan fingerprint density at radius 3 is 2.53 bits per heavy atom. The quantitative estimate of drug-likeness (QED) is 0.638. The number of hydrogen-bond donors (Lipinski definition) is 1. The van der Waals surface area contributed by atoms with Crippen LogP contribution in [0.1, 0.15) is 13.8 Å². The first kappa shape index (κ1) is 10.5. The van der Waals surface area contributed by atoms with E-state index in [0.717, 1.165) is 0 Å². The summed E-state index contributed by atoms with van der Waals surface area (Å²) in [4.78, 5) is 4.14. The minimum atomic E-state index is -1.37. The largest absolute Gasteiger partial charge is 0.386 e. The fourth-order valence-corrected chi connectivity index (χ4v) is 3.28. The van der Waals surface area contributed by atoms with Crippen LogP contribution < -0.4 is 5.73 Å². The number of fused-ring (bicyclic) bond motifs is 2. The summed E-state index contributed by atoms with van der Waals surface area (Å²) < 4.78 is 11.2. The van der Waals surface area contributed by atoms with E-state index in [1.54, 1.807) is 0 Å². The Hall–Kier alpha value is -1.63. The van der Waals surface area contributed by atoms with Crippen molar-refractivity contribution in [1.82, 2.24) is 0 Å². The molecule has 0 aromatic rings. The third-order valence-electron chi connectivity index (χ3n) is 4.24. The van der Waals surface area contributed by atoms with Gasteiger partial charge < -0.3 is 15.2 Å². The van der Waals surface area contributed by atoms with Gasteiger partial charge in [0.2, 0.25) is 0 Å². The molecule has 5 atom stereocenters. The van der Waals surface area contributed by atoms with E-state index in [2.05, 4.69) is 17.1 Å². The lowest BCUT2D eigenvalue weighted by atomic mass is 9.94. The number of amidine groups is 1. The third-order valence-corrected chi connectivity index (χ3v) is 4.24. The Morgan fingerprint density at radius 1 is 1.41 bits per heavy atom. The zero-order valence-corrected chi connectivity index (χ0v) is 9.60. The second kappa shape index (κ2) is 2.61. The van der Waals surface area contributed by atoms with E-state index in [1.165, 1.54) is 0 Å². The summed E-state index contributed by atoms with van der Waals surface area (Å²) >= 11 is 0. The molecule has 2 aliphatic heterocycles. The van der Waals surface area contributed by atoms with Crippen LogP contribution in [0.15, 0.2) is 4.99 Å². The van der Waals surface area contributed by atoms with E-state index in [0.29, 0.717) is 6.61 Å². The zero-order chi connectivity index (χ0) is 12.5. The molecular formula is C11H12N4O2. The van der Waals surface area contributed by atoms with Gasteiger partial charge in [-0.25, -0.2) is 4.99 Å². The number of nitriles is 2. The van der Waals surface area contributed by atoms with Crippen LogP contribution in [0.2, 0.25) is 0 Å². The first-order valence-electron chi connectivity index (χ1n) is 5.51. The molecule has 2 fully saturated rings. The average Bonchev–Trinajstić information content (AvgIpc) is 2.54. The van der Waals surface area contributed by atoms with Gasteiger partial charge in [-0.2, -0.15) is 10.5 Å². The molecule has 0 radical (unpaired) electrons. The molecule has 0 aromatic carbocycles. The highest BCUT2D eigenvalue weighted by molar-refractivity contribution is 5.98. The molecule has 0 amide bonds. The third kappa shape index (κ3) is 0.744. The molecule has 1 saturated carbocycles. The van der Waals surface area contributed by atoms with Crippen molar-refractivity contribution in [2.45, 2.75) is 25.9 Å². The molecule has 0 bridgehead atoms. The van der Waals surface area contributed by atoms with E-state index < -0.39 is 16.7 Å². The number of hydrogen-bond acceptors (Lipinski definition) is 6. The molecule has 1 spiro atoms. The van der Waals surface area contributed by atoms with Crippen LogP contribution >= 0.6 is 0 Å². The van der Waals surface area contributed by atoms with Crippen LogP contribution in [0, 0.1) is 39.4 Å². The molecule has 3 rings (SSSR count). The molecule has 6 heteroatoms. The summed E-state index contributed by atoms with van der Waals surface area (Å²) in [6, 6.07) is 4.31. The molecule has 6 nitrogen and oxygen atoms in total. The fraction of sp³-hybridized carbons (Fsp3) is 0.727. The highest BCUT2D eigenvalue weighted by Crippen LogP contribution is 2.78. The zero-order valence-electron chi connectivity index (χ0n) is 9.60. The summed E-state index contributed by atoms with van der Waals surface area (Å²) in [5, 5.41) is 18.8. The molecule has 88 valence electrons. The van der Waals surface area contributed by atoms with Crippen molar-refractivity contribution < 1.29 is 9.47 Å². The molecule has 17 heavy (non-hydrogen) atoms. The van der Waals surface area contributed by atoms with E-state index in [-0.39, 0.29) is 17.9 Å². The van der Waals surface area contributed by atoms with Gasteiger partial charge in [0.15, 0.2) is 5.41 Å². The molecule has 0 aromatic heterocycles. The number of rotatable bonds is 0. The van der Waals surface area contributed by atoms with Gasteiger partial charge in [-0.15, -0.1) is 0 Å². The Balaban J connectivity index is 2.18. The molecular weight excluding hydrogens is 220 g/mol. The van der Waals surface area contributed by atoms with E-state index in [4.69, 9.17) is 15.2 Å². The standard InChI is InChI=1S/C11H12N4O2/c1-6-3-16-11(17-6)10(5-13)7(2)9(10,4-12)8(14)15-11/h6-7H,3H2,1-2H3,(H2,14,15)/t6-,7-,9-,10-,11-/m1/s1. The molecule has 2 N–H and O–H groups in total. The second-order valence-corrected chi connectivity index (χ2v) is 4.88. The number of nitrogens with two attached hydrogens (primary N) is 1. The first-order chi connectivity index (χ1) is 8.00. The van der Waals surface area contributed by atoms with Crippen molar-refractivity contribution in [3.8, 4) is 12.1 Å². The topological polar surface area (TPSA) is 104 Å². The Labute approximate surface area is 98.6 Å². The molecule has 3 aliphatic rings. The smallest absolute Gasteiger partial charge is 0.293 e. The van der Waals surface area contributed by atoms with Gasteiger partial charge in [-0.3, -0.25) is 0 Å². The van der Waals surface area contributed by atoms with Gasteiger partial charge in [0.1, 0.15) is 11.3 Å². The van der Waals surface area contributed by atoms with E-state index in [9.17, 15) is 10.5 Å². The van der Waals surface area contributed by atoms with Crippen LogP contribution in [0.25, 0.3) is 0 Å². The van der Waals surface area contributed by atoms with Gasteiger partial charge in [0, 0.05) is 5.92 Å². The SMILES string of the molecule is C[C@@H]1CO[C@@]2(N=C(N)[C@@]3(C#N)[C@@H](C)[C@@]23C#N)O1. The predicted octanol–water partition coefficient (Wildman–Crippen LogP) is 0.116. The van der Waals surface area contributed by atoms with Crippen LogP contribution in [0.5, 0.6) is 0 Å². The predicted molar refractivity (Wildman–Crippen MR) is 56.1 cm³/mol. The van der Waals surface area contributed by atoms with Crippen molar-refractivity contribution in [2.24, 2.45) is 27.5 Å². The Morgan fingerprint density at radius 2 is 2.12 bits per heavy atom. The van der Waals surface area contributed by atoms with Crippen molar-refractivity contribution >= 4 is 5.84 Å². The van der Waals surface area contributed by atoms with Crippen LogP contribution in [-0.4, -0.2) is 24.5 Å². The molecule has 0 unspecified atom stereocenters. The van der Waals surface area contributed by atoms with Crippen molar-refractivity contribution in [3.05, 3.63) is 0 Å². The highest BCUT2D eigenvalue weighted by Gasteiger charge is 2.92.